The van der Waals surface area contributed by atoms with E-state index in [0.717, 1.165) is 45.0 Å². The molecule has 0 aromatic carbocycles. The Morgan fingerprint density at radius 2 is 2.28 bits per heavy atom. The summed E-state index contributed by atoms with van der Waals surface area (Å²) < 4.78 is 2.09. The number of aryl methyl sites for hydroxylation is 1. The Hall–Kier alpha value is -0.910. The van der Waals surface area contributed by atoms with E-state index in [1.54, 1.807) is 0 Å². The van der Waals surface area contributed by atoms with E-state index in [1.807, 2.05) is 19.4 Å². The number of nitrogens with zero attached hydrogens (tertiary/aromatic N) is 4. The van der Waals surface area contributed by atoms with Gasteiger partial charge in [0.25, 0.3) is 0 Å². The molecule has 0 aliphatic carbocycles. The third-order valence-electron chi connectivity index (χ3n) is 3.75. The third kappa shape index (κ3) is 3.31. The lowest BCUT2D eigenvalue weighted by atomic mass is 10.2. The summed E-state index contributed by atoms with van der Waals surface area (Å²) in [6.07, 6.45) is 4.74. The lowest BCUT2D eigenvalue weighted by molar-refractivity contribution is 0.0711. The van der Waals surface area contributed by atoms with Crippen LogP contribution in [0.25, 0.3) is 0 Å². The Morgan fingerprint density at radius 3 is 2.89 bits per heavy atom. The molecular formula is C13H24N4O. The Bertz CT molecular complexity index is 366. The fourth-order valence-electron chi connectivity index (χ4n) is 2.53. The molecule has 1 aliphatic rings. The Kier molecular flexibility index (Phi) is 4.74. The number of piperazine rings is 1. The lowest BCUT2D eigenvalue weighted by Crippen LogP contribution is -2.51. The Balaban J connectivity index is 1.84. The fourth-order valence-corrected chi connectivity index (χ4v) is 2.53. The number of imidazole rings is 1. The first-order valence-corrected chi connectivity index (χ1v) is 6.74. The molecule has 1 aliphatic heterocycles. The maximum absolute atomic E-state index is 8.87. The minimum atomic E-state index is 0.294. The molecule has 2 heterocycles. The van der Waals surface area contributed by atoms with Crippen LogP contribution < -0.4 is 0 Å². The van der Waals surface area contributed by atoms with Gasteiger partial charge in [-0.25, -0.2) is 4.98 Å². The van der Waals surface area contributed by atoms with Gasteiger partial charge in [-0.2, -0.15) is 0 Å². The number of aliphatic hydroxyl groups excluding tert-OH is 1. The van der Waals surface area contributed by atoms with E-state index in [2.05, 4.69) is 26.3 Å². The topological polar surface area (TPSA) is 44.5 Å². The Labute approximate surface area is 109 Å². The molecular weight excluding hydrogens is 228 g/mol. The van der Waals surface area contributed by atoms with Crippen molar-refractivity contribution in [2.45, 2.75) is 25.9 Å². The zero-order chi connectivity index (χ0) is 13.0. The third-order valence-corrected chi connectivity index (χ3v) is 3.75. The van der Waals surface area contributed by atoms with Crippen LogP contribution in [0.15, 0.2) is 12.4 Å². The van der Waals surface area contributed by atoms with Gasteiger partial charge < -0.3 is 14.6 Å². The van der Waals surface area contributed by atoms with E-state index in [-0.39, 0.29) is 0 Å². The van der Waals surface area contributed by atoms with Gasteiger partial charge in [-0.3, -0.25) is 4.90 Å². The number of hydrogen-bond donors (Lipinski definition) is 1. The van der Waals surface area contributed by atoms with Gasteiger partial charge in [-0.15, -0.1) is 0 Å². The molecule has 0 amide bonds. The van der Waals surface area contributed by atoms with Crippen molar-refractivity contribution in [2.75, 3.05) is 32.8 Å². The minimum Gasteiger partial charge on any atom is -0.396 e. The standard InChI is InChI=1S/C13H24N4O/c1-12-10-16(5-3-9-18)7-8-17(12)11-13-14-4-6-15(13)2/h4,6,12,18H,3,5,7-11H2,1-2H3. The summed E-state index contributed by atoms with van der Waals surface area (Å²) in [5.74, 6) is 1.13. The van der Waals surface area contributed by atoms with Crippen molar-refractivity contribution in [1.82, 2.24) is 19.4 Å². The average Bonchev–Trinajstić information content (AvgIpc) is 2.75. The number of aliphatic hydroxyl groups is 1. The predicted octanol–water partition coefficient (Wildman–Crippen LogP) is 0.309. The molecule has 0 bridgehead atoms. The van der Waals surface area contributed by atoms with E-state index >= 15 is 0 Å². The van der Waals surface area contributed by atoms with Crippen LogP contribution in [-0.4, -0.2) is 63.3 Å². The van der Waals surface area contributed by atoms with Gasteiger partial charge in [0.15, 0.2) is 0 Å². The second kappa shape index (κ2) is 6.31. The second-order valence-electron chi connectivity index (χ2n) is 5.15. The van der Waals surface area contributed by atoms with Crippen molar-refractivity contribution in [3.63, 3.8) is 0 Å². The molecule has 0 radical (unpaired) electrons. The summed E-state index contributed by atoms with van der Waals surface area (Å²) in [5, 5.41) is 8.87. The average molecular weight is 252 g/mol. The monoisotopic (exact) mass is 252 g/mol. The van der Waals surface area contributed by atoms with Crippen molar-refractivity contribution in [1.29, 1.82) is 0 Å². The molecule has 5 nitrogen and oxygen atoms in total. The van der Waals surface area contributed by atoms with Crippen molar-refractivity contribution >= 4 is 0 Å². The maximum Gasteiger partial charge on any atom is 0.122 e. The quantitative estimate of drug-likeness (QED) is 0.819. The maximum atomic E-state index is 8.87. The summed E-state index contributed by atoms with van der Waals surface area (Å²) in [5.41, 5.74) is 0. The first kappa shape index (κ1) is 13.5. The van der Waals surface area contributed by atoms with Crippen LogP contribution in [0, 0.1) is 0 Å². The second-order valence-corrected chi connectivity index (χ2v) is 5.15. The molecule has 18 heavy (non-hydrogen) atoms. The summed E-state index contributed by atoms with van der Waals surface area (Å²) in [6.45, 7) is 7.77. The predicted molar refractivity (Wildman–Crippen MR) is 71.2 cm³/mol. The largest absolute Gasteiger partial charge is 0.396 e. The number of rotatable bonds is 5. The minimum absolute atomic E-state index is 0.294. The smallest absolute Gasteiger partial charge is 0.122 e. The zero-order valence-electron chi connectivity index (χ0n) is 11.4. The molecule has 1 aromatic heterocycles. The van der Waals surface area contributed by atoms with Crippen LogP contribution in [0.5, 0.6) is 0 Å². The normalized spacial score (nSPS) is 22.5. The number of hydrogen-bond acceptors (Lipinski definition) is 4. The van der Waals surface area contributed by atoms with Gasteiger partial charge in [0.2, 0.25) is 0 Å². The van der Waals surface area contributed by atoms with E-state index in [0.29, 0.717) is 12.6 Å². The fraction of sp³-hybridized carbons (Fsp3) is 0.769. The Morgan fingerprint density at radius 1 is 1.44 bits per heavy atom. The van der Waals surface area contributed by atoms with Crippen LogP contribution >= 0.6 is 0 Å². The highest BCUT2D eigenvalue weighted by molar-refractivity contribution is 4.93. The van der Waals surface area contributed by atoms with Gasteiger partial charge in [0.05, 0.1) is 6.54 Å². The first-order valence-electron chi connectivity index (χ1n) is 6.74. The summed E-state index contributed by atoms with van der Waals surface area (Å²) >= 11 is 0. The highest BCUT2D eigenvalue weighted by Crippen LogP contribution is 2.12. The van der Waals surface area contributed by atoms with Crippen LogP contribution in [0.2, 0.25) is 0 Å². The molecule has 1 unspecified atom stereocenters. The SMILES string of the molecule is CC1CN(CCCO)CCN1Cc1nccn1C. The van der Waals surface area contributed by atoms with E-state index < -0.39 is 0 Å². The van der Waals surface area contributed by atoms with Crippen molar-refractivity contribution in [2.24, 2.45) is 7.05 Å². The molecule has 2 rings (SSSR count). The van der Waals surface area contributed by atoms with E-state index in [4.69, 9.17) is 5.11 Å². The van der Waals surface area contributed by atoms with Gasteiger partial charge >= 0.3 is 0 Å². The van der Waals surface area contributed by atoms with E-state index in [1.165, 1.54) is 0 Å². The molecule has 5 heteroatoms. The molecule has 1 saturated heterocycles. The highest BCUT2D eigenvalue weighted by Gasteiger charge is 2.23. The van der Waals surface area contributed by atoms with Crippen LogP contribution in [0.4, 0.5) is 0 Å². The van der Waals surface area contributed by atoms with E-state index in [9.17, 15) is 0 Å². The number of aromatic nitrogens is 2. The van der Waals surface area contributed by atoms with Crippen molar-refractivity contribution in [3.05, 3.63) is 18.2 Å². The van der Waals surface area contributed by atoms with Gasteiger partial charge in [-0.05, 0) is 13.3 Å². The van der Waals surface area contributed by atoms with Crippen LogP contribution in [0.3, 0.4) is 0 Å². The van der Waals surface area contributed by atoms with Crippen LogP contribution in [-0.2, 0) is 13.6 Å². The lowest BCUT2D eigenvalue weighted by Gasteiger charge is -2.39. The van der Waals surface area contributed by atoms with Gasteiger partial charge in [0, 0.05) is 58.3 Å². The molecule has 0 spiro atoms. The summed E-state index contributed by atoms with van der Waals surface area (Å²) in [4.78, 5) is 9.31. The van der Waals surface area contributed by atoms with Crippen molar-refractivity contribution < 1.29 is 5.11 Å². The zero-order valence-corrected chi connectivity index (χ0v) is 11.4. The first-order chi connectivity index (χ1) is 8.70. The molecule has 1 atom stereocenters. The molecule has 1 N–H and O–H groups in total. The van der Waals surface area contributed by atoms with Crippen molar-refractivity contribution in [3.8, 4) is 0 Å². The molecule has 1 fully saturated rings. The summed E-state index contributed by atoms with van der Waals surface area (Å²) in [6, 6.07) is 0.550. The van der Waals surface area contributed by atoms with Crippen LogP contribution in [0.1, 0.15) is 19.2 Å². The summed E-state index contributed by atoms with van der Waals surface area (Å²) in [7, 11) is 2.05. The highest BCUT2D eigenvalue weighted by atomic mass is 16.3. The molecule has 0 saturated carbocycles. The van der Waals surface area contributed by atoms with Gasteiger partial charge in [-0.1, -0.05) is 0 Å². The molecule has 102 valence electrons. The van der Waals surface area contributed by atoms with Gasteiger partial charge in [0.1, 0.15) is 5.82 Å². The molecule has 1 aromatic rings.